The summed E-state index contributed by atoms with van der Waals surface area (Å²) in [7, 11) is 4.01. The van der Waals surface area contributed by atoms with Crippen LogP contribution in [0.2, 0.25) is 0 Å². The average molecular weight is 417 g/mol. The fraction of sp³-hybridized carbons (Fsp3) is 0.500. The van der Waals surface area contributed by atoms with Crippen molar-refractivity contribution in [1.29, 1.82) is 0 Å². The van der Waals surface area contributed by atoms with Gasteiger partial charge in [-0.1, -0.05) is 41.7 Å². The predicted octanol–water partition coefficient (Wildman–Crippen LogP) is 2.07. The number of nitrogens with zero attached hydrogens (tertiary/aromatic N) is 4. The van der Waals surface area contributed by atoms with Crippen LogP contribution in [-0.2, 0) is 11.2 Å². The number of carbonyl (C=O) groups excluding carboxylic acids is 2. The SMILES string of the molecule is CN(C)CC(Cc1ccccc1)NC(=O)N1CCC(C(=O)Nc2nncs2)CC1. The first-order valence-corrected chi connectivity index (χ1v) is 10.7. The van der Waals surface area contributed by atoms with Gasteiger partial charge in [0.05, 0.1) is 0 Å². The van der Waals surface area contributed by atoms with Crippen molar-refractivity contribution in [3.63, 3.8) is 0 Å². The molecular weight excluding hydrogens is 388 g/mol. The number of anilines is 1. The number of carbonyl (C=O) groups is 2. The maximum Gasteiger partial charge on any atom is 0.317 e. The molecule has 0 spiro atoms. The molecule has 2 aromatic rings. The van der Waals surface area contributed by atoms with Gasteiger partial charge in [-0.25, -0.2) is 4.79 Å². The second-order valence-corrected chi connectivity index (χ2v) is 8.43. The van der Waals surface area contributed by atoms with Crippen LogP contribution in [0.1, 0.15) is 18.4 Å². The van der Waals surface area contributed by atoms with Crippen LogP contribution in [-0.4, -0.2) is 71.7 Å². The van der Waals surface area contributed by atoms with Crippen LogP contribution in [0.5, 0.6) is 0 Å². The highest BCUT2D eigenvalue weighted by Gasteiger charge is 2.28. The third kappa shape index (κ3) is 6.50. The summed E-state index contributed by atoms with van der Waals surface area (Å²) < 4.78 is 0. The van der Waals surface area contributed by atoms with Gasteiger partial charge < -0.3 is 20.4 Å². The monoisotopic (exact) mass is 416 g/mol. The summed E-state index contributed by atoms with van der Waals surface area (Å²) in [5.74, 6) is -0.152. The summed E-state index contributed by atoms with van der Waals surface area (Å²) in [5, 5.41) is 14.1. The minimum atomic E-state index is -0.107. The van der Waals surface area contributed by atoms with Crippen molar-refractivity contribution in [3.8, 4) is 0 Å². The first kappa shape index (κ1) is 21.2. The van der Waals surface area contributed by atoms with Crippen LogP contribution in [0, 0.1) is 5.92 Å². The fourth-order valence-electron chi connectivity index (χ4n) is 3.55. The number of amides is 3. The molecule has 1 saturated heterocycles. The number of piperidine rings is 1. The van der Waals surface area contributed by atoms with Crippen LogP contribution in [0.4, 0.5) is 9.93 Å². The van der Waals surface area contributed by atoms with Crippen LogP contribution in [0.15, 0.2) is 35.8 Å². The van der Waals surface area contributed by atoms with E-state index in [4.69, 9.17) is 0 Å². The highest BCUT2D eigenvalue weighted by atomic mass is 32.1. The van der Waals surface area contributed by atoms with Gasteiger partial charge in [-0.2, -0.15) is 0 Å². The lowest BCUT2D eigenvalue weighted by Crippen LogP contribution is -2.51. The summed E-state index contributed by atoms with van der Waals surface area (Å²) in [5.41, 5.74) is 2.79. The normalized spacial score (nSPS) is 15.9. The van der Waals surface area contributed by atoms with Gasteiger partial charge in [0.1, 0.15) is 5.51 Å². The van der Waals surface area contributed by atoms with Gasteiger partial charge in [-0.15, -0.1) is 10.2 Å². The predicted molar refractivity (Wildman–Crippen MR) is 114 cm³/mol. The van der Waals surface area contributed by atoms with Crippen molar-refractivity contribution in [2.75, 3.05) is 39.0 Å². The van der Waals surface area contributed by atoms with E-state index in [0.717, 1.165) is 13.0 Å². The van der Waals surface area contributed by atoms with E-state index < -0.39 is 0 Å². The Morgan fingerprint density at radius 1 is 1.24 bits per heavy atom. The van der Waals surface area contributed by atoms with Gasteiger partial charge in [0.25, 0.3) is 0 Å². The summed E-state index contributed by atoms with van der Waals surface area (Å²) in [6.07, 6.45) is 2.08. The fourth-order valence-corrected chi connectivity index (χ4v) is 3.99. The molecule has 3 amide bonds. The molecule has 156 valence electrons. The van der Waals surface area contributed by atoms with Gasteiger partial charge in [-0.3, -0.25) is 4.79 Å². The third-order valence-corrected chi connectivity index (χ3v) is 5.59. The number of nitrogens with one attached hydrogen (secondary N) is 2. The Balaban J connectivity index is 1.49. The minimum absolute atomic E-state index is 0.0262. The van der Waals surface area contributed by atoms with Crippen molar-refractivity contribution in [3.05, 3.63) is 41.4 Å². The first-order valence-electron chi connectivity index (χ1n) is 9.82. The molecule has 0 aliphatic carbocycles. The van der Waals surface area contributed by atoms with E-state index in [1.165, 1.54) is 16.9 Å². The Morgan fingerprint density at radius 3 is 2.59 bits per heavy atom. The van der Waals surface area contributed by atoms with Crippen molar-refractivity contribution >= 4 is 28.4 Å². The molecule has 8 nitrogen and oxygen atoms in total. The Labute approximate surface area is 175 Å². The van der Waals surface area contributed by atoms with Crippen molar-refractivity contribution in [2.24, 2.45) is 5.92 Å². The van der Waals surface area contributed by atoms with Crippen molar-refractivity contribution in [1.82, 2.24) is 25.3 Å². The summed E-state index contributed by atoms with van der Waals surface area (Å²) in [4.78, 5) is 29.0. The van der Waals surface area contributed by atoms with Gasteiger partial charge >= 0.3 is 6.03 Å². The van der Waals surface area contributed by atoms with Gasteiger partial charge in [0.2, 0.25) is 11.0 Å². The number of likely N-dealkylation sites (N-methyl/N-ethyl adjacent to an activating group) is 1. The van der Waals surface area contributed by atoms with Crippen LogP contribution >= 0.6 is 11.3 Å². The highest BCUT2D eigenvalue weighted by molar-refractivity contribution is 7.13. The topological polar surface area (TPSA) is 90.5 Å². The molecule has 1 fully saturated rings. The highest BCUT2D eigenvalue weighted by Crippen LogP contribution is 2.20. The number of aromatic nitrogens is 2. The Kier molecular flexibility index (Phi) is 7.54. The molecule has 2 N–H and O–H groups in total. The van der Waals surface area contributed by atoms with Gasteiger partial charge in [0, 0.05) is 31.6 Å². The number of hydrogen-bond acceptors (Lipinski definition) is 6. The molecule has 0 saturated carbocycles. The summed E-state index contributed by atoms with van der Waals surface area (Å²) in [6, 6.07) is 10.2. The Hall–Kier alpha value is -2.52. The zero-order valence-corrected chi connectivity index (χ0v) is 17.7. The largest absolute Gasteiger partial charge is 0.334 e. The number of urea groups is 1. The van der Waals surface area contributed by atoms with Gasteiger partial charge in [0.15, 0.2) is 0 Å². The van der Waals surface area contributed by atoms with Crippen LogP contribution < -0.4 is 10.6 Å². The molecule has 1 atom stereocenters. The zero-order valence-electron chi connectivity index (χ0n) is 16.9. The molecule has 0 radical (unpaired) electrons. The van der Waals surface area contributed by atoms with E-state index in [9.17, 15) is 9.59 Å². The first-order chi connectivity index (χ1) is 14.0. The van der Waals surface area contributed by atoms with Crippen molar-refractivity contribution in [2.45, 2.75) is 25.3 Å². The number of likely N-dealkylation sites (tertiary alicyclic amines) is 1. The lowest BCUT2D eigenvalue weighted by Gasteiger charge is -2.33. The zero-order chi connectivity index (χ0) is 20.6. The summed E-state index contributed by atoms with van der Waals surface area (Å²) in [6.45, 7) is 1.90. The van der Waals surface area contributed by atoms with Crippen LogP contribution in [0.25, 0.3) is 0 Å². The lowest BCUT2D eigenvalue weighted by molar-refractivity contribution is -0.121. The number of rotatable bonds is 7. The molecule has 1 aliphatic rings. The van der Waals surface area contributed by atoms with E-state index in [1.54, 1.807) is 5.51 Å². The van der Waals surface area contributed by atoms with Crippen molar-refractivity contribution < 1.29 is 9.59 Å². The Morgan fingerprint density at radius 2 is 1.97 bits per heavy atom. The standard InChI is InChI=1S/C20H28N6O2S/c1-25(2)13-17(12-15-6-4-3-5-7-15)22-20(28)26-10-8-16(9-11-26)18(27)23-19-24-21-14-29-19/h3-7,14,16-17H,8-13H2,1-2H3,(H,22,28)(H,23,24,27). The van der Waals surface area contributed by atoms with Gasteiger partial charge in [-0.05, 0) is 38.9 Å². The smallest absolute Gasteiger partial charge is 0.317 e. The van der Waals surface area contributed by atoms with E-state index in [1.807, 2.05) is 37.2 Å². The minimum Gasteiger partial charge on any atom is -0.334 e. The van der Waals surface area contributed by atoms with E-state index >= 15 is 0 Å². The molecule has 1 unspecified atom stereocenters. The number of hydrogen-bond donors (Lipinski definition) is 2. The molecule has 1 aliphatic heterocycles. The number of benzene rings is 1. The quantitative estimate of drug-likeness (QED) is 0.721. The van der Waals surface area contributed by atoms with E-state index in [2.05, 4.69) is 37.9 Å². The molecule has 2 heterocycles. The molecule has 3 rings (SSSR count). The van der Waals surface area contributed by atoms with E-state index in [-0.39, 0.29) is 23.9 Å². The lowest BCUT2D eigenvalue weighted by atomic mass is 9.96. The molecule has 29 heavy (non-hydrogen) atoms. The second-order valence-electron chi connectivity index (χ2n) is 7.59. The van der Waals surface area contributed by atoms with Crippen LogP contribution in [0.3, 0.4) is 0 Å². The van der Waals surface area contributed by atoms with E-state index in [0.29, 0.717) is 31.1 Å². The molecule has 1 aromatic carbocycles. The Bertz CT molecular complexity index is 776. The summed E-state index contributed by atoms with van der Waals surface area (Å²) >= 11 is 1.30. The third-order valence-electron chi connectivity index (χ3n) is 4.98. The average Bonchev–Trinajstić information content (AvgIpc) is 3.21. The maximum atomic E-state index is 12.8. The second kappa shape index (κ2) is 10.3. The molecule has 9 heteroatoms. The maximum absolute atomic E-state index is 12.8. The molecular formula is C20H28N6O2S. The molecule has 1 aromatic heterocycles. The molecule has 0 bridgehead atoms.